The molecule has 1 atom stereocenters. The number of halogens is 1. The van der Waals surface area contributed by atoms with Crippen LogP contribution in [0.5, 0.6) is 0 Å². The lowest BCUT2D eigenvalue weighted by atomic mass is 10.1. The molecule has 0 aliphatic rings. The summed E-state index contributed by atoms with van der Waals surface area (Å²) < 4.78 is 14.3. The maximum Gasteiger partial charge on any atom is 0.267 e. The minimum absolute atomic E-state index is 0.367. The Balaban J connectivity index is 1.54. The van der Waals surface area contributed by atoms with E-state index in [1.807, 2.05) is 11.4 Å². The highest BCUT2D eigenvalue weighted by atomic mass is 32.1. The van der Waals surface area contributed by atoms with Crippen LogP contribution in [-0.2, 0) is 4.79 Å². The van der Waals surface area contributed by atoms with Gasteiger partial charge in [0.05, 0.1) is 11.4 Å². The summed E-state index contributed by atoms with van der Waals surface area (Å²) in [5.74, 6) is -0.790. The van der Waals surface area contributed by atoms with Crippen molar-refractivity contribution in [3.63, 3.8) is 0 Å². The highest BCUT2D eigenvalue weighted by Gasteiger charge is 2.19. The van der Waals surface area contributed by atoms with Crippen LogP contribution >= 0.6 is 11.3 Å². The molecule has 1 amide bonds. The first-order valence-electron chi connectivity index (χ1n) is 9.04. The maximum atomic E-state index is 13.2. The molecule has 0 radical (unpaired) electrons. The monoisotopic (exact) mass is 421 g/mol. The molecule has 1 unspecified atom stereocenters. The Morgan fingerprint density at radius 3 is 2.63 bits per heavy atom. The van der Waals surface area contributed by atoms with Gasteiger partial charge in [-0.2, -0.15) is 5.10 Å². The second-order valence-corrected chi connectivity index (χ2v) is 7.31. The Hall–Kier alpha value is -3.72. The molecule has 0 saturated heterocycles. The van der Waals surface area contributed by atoms with E-state index in [1.54, 1.807) is 37.5 Å². The molecule has 30 heavy (non-hydrogen) atoms. The fourth-order valence-corrected chi connectivity index (χ4v) is 3.50. The lowest BCUT2D eigenvalue weighted by Crippen LogP contribution is -2.33. The molecular weight excluding hydrogens is 405 g/mol. The molecule has 1 aromatic carbocycles. The van der Waals surface area contributed by atoms with E-state index in [0.29, 0.717) is 22.1 Å². The summed E-state index contributed by atoms with van der Waals surface area (Å²) in [5, 5.41) is 9.23. The quantitative estimate of drug-likeness (QED) is 0.530. The predicted octanol–water partition coefficient (Wildman–Crippen LogP) is 3.77. The molecule has 1 N–H and O–H groups in total. The number of anilines is 1. The average Bonchev–Trinajstić information content (AvgIpc) is 3.23. The summed E-state index contributed by atoms with van der Waals surface area (Å²) in [6.07, 6.45) is 3.36. The number of nitrogens with one attached hydrogen (secondary N) is 1. The van der Waals surface area contributed by atoms with Gasteiger partial charge in [-0.05, 0) is 49.4 Å². The molecule has 0 spiro atoms. The van der Waals surface area contributed by atoms with Gasteiger partial charge in [-0.3, -0.25) is 14.6 Å². The molecule has 0 saturated carbocycles. The minimum Gasteiger partial charge on any atom is -0.300 e. The number of pyridine rings is 1. The summed E-state index contributed by atoms with van der Waals surface area (Å²) in [7, 11) is 0. The van der Waals surface area contributed by atoms with Crippen molar-refractivity contribution in [1.29, 1.82) is 0 Å². The van der Waals surface area contributed by atoms with E-state index in [2.05, 4.69) is 20.4 Å². The van der Waals surface area contributed by atoms with Gasteiger partial charge in [-0.15, -0.1) is 11.3 Å². The second kappa shape index (κ2) is 8.34. The number of amides is 1. The van der Waals surface area contributed by atoms with E-state index in [1.165, 1.54) is 35.6 Å². The van der Waals surface area contributed by atoms with Gasteiger partial charge in [0, 0.05) is 35.0 Å². The Kier molecular flexibility index (Phi) is 5.44. The van der Waals surface area contributed by atoms with Crippen molar-refractivity contribution in [2.45, 2.75) is 13.0 Å². The van der Waals surface area contributed by atoms with Crippen LogP contribution in [0.15, 0.2) is 71.1 Å². The van der Waals surface area contributed by atoms with E-state index >= 15 is 0 Å². The first-order chi connectivity index (χ1) is 14.5. The number of aromatic nitrogens is 4. The van der Waals surface area contributed by atoms with Crippen LogP contribution < -0.4 is 10.9 Å². The Morgan fingerprint density at radius 1 is 1.10 bits per heavy atom. The summed E-state index contributed by atoms with van der Waals surface area (Å²) in [6, 6.07) is 11.4. The molecule has 9 heteroatoms. The van der Waals surface area contributed by atoms with Crippen molar-refractivity contribution < 1.29 is 9.18 Å². The number of carbonyl (C=O) groups excluding carboxylic acids is 1. The molecule has 3 aromatic heterocycles. The smallest absolute Gasteiger partial charge is 0.267 e. The van der Waals surface area contributed by atoms with E-state index in [4.69, 9.17) is 0 Å². The highest BCUT2D eigenvalue weighted by molar-refractivity contribution is 7.14. The van der Waals surface area contributed by atoms with Crippen molar-refractivity contribution >= 4 is 22.4 Å². The third-order valence-corrected chi connectivity index (χ3v) is 5.16. The molecular formula is C21H16FN5O2S. The fraction of sp³-hybridized carbons (Fsp3) is 0.0952. The predicted molar refractivity (Wildman–Crippen MR) is 113 cm³/mol. The van der Waals surface area contributed by atoms with E-state index in [-0.39, 0.29) is 5.82 Å². The Morgan fingerprint density at radius 2 is 1.90 bits per heavy atom. The summed E-state index contributed by atoms with van der Waals surface area (Å²) in [4.78, 5) is 33.4. The first-order valence-corrected chi connectivity index (χ1v) is 9.92. The third-order valence-electron chi connectivity index (χ3n) is 4.40. The zero-order valence-corrected chi connectivity index (χ0v) is 16.6. The second-order valence-electron chi connectivity index (χ2n) is 6.45. The minimum atomic E-state index is -0.872. The number of hydrogen-bond acceptors (Lipinski definition) is 6. The van der Waals surface area contributed by atoms with Crippen LogP contribution in [-0.4, -0.2) is 25.7 Å². The number of benzene rings is 1. The topological polar surface area (TPSA) is 89.8 Å². The first kappa shape index (κ1) is 19.6. The van der Waals surface area contributed by atoms with Gasteiger partial charge in [-0.1, -0.05) is 0 Å². The summed E-state index contributed by atoms with van der Waals surface area (Å²) in [6.45, 7) is 1.58. The van der Waals surface area contributed by atoms with Crippen LogP contribution in [0.3, 0.4) is 0 Å². The van der Waals surface area contributed by atoms with Gasteiger partial charge >= 0.3 is 0 Å². The van der Waals surface area contributed by atoms with Crippen molar-refractivity contribution in [2.75, 3.05) is 5.32 Å². The third kappa shape index (κ3) is 4.15. The molecule has 3 heterocycles. The molecule has 0 bridgehead atoms. The van der Waals surface area contributed by atoms with Crippen molar-refractivity contribution in [1.82, 2.24) is 19.7 Å². The summed E-state index contributed by atoms with van der Waals surface area (Å²) in [5.41, 5.74) is 2.22. The standard InChI is InChI=1S/C21H16FN5O2S/c1-13(20(29)25-21-24-18(12-30-21)15-3-2-10-23-11-15)27-19(28)9-8-17(26-27)14-4-6-16(22)7-5-14/h2-13H,1H3,(H,24,25,29). The summed E-state index contributed by atoms with van der Waals surface area (Å²) >= 11 is 1.28. The zero-order chi connectivity index (χ0) is 21.1. The average molecular weight is 421 g/mol. The molecule has 0 aliphatic carbocycles. The van der Waals surface area contributed by atoms with Gasteiger partial charge in [-0.25, -0.2) is 14.1 Å². The van der Waals surface area contributed by atoms with E-state index in [0.717, 1.165) is 10.2 Å². The fourth-order valence-electron chi connectivity index (χ4n) is 2.78. The molecule has 0 fully saturated rings. The van der Waals surface area contributed by atoms with Crippen LogP contribution in [0.4, 0.5) is 9.52 Å². The van der Waals surface area contributed by atoms with Gasteiger partial charge in [0.15, 0.2) is 5.13 Å². The highest BCUT2D eigenvalue weighted by Crippen LogP contribution is 2.24. The number of rotatable bonds is 5. The van der Waals surface area contributed by atoms with Crippen LogP contribution in [0, 0.1) is 5.82 Å². The van der Waals surface area contributed by atoms with Crippen molar-refractivity contribution in [3.8, 4) is 22.5 Å². The molecule has 7 nitrogen and oxygen atoms in total. The lowest BCUT2D eigenvalue weighted by molar-refractivity contribution is -0.119. The SMILES string of the molecule is CC(C(=O)Nc1nc(-c2cccnc2)cs1)n1nc(-c2ccc(F)cc2)ccc1=O. The molecule has 150 valence electrons. The molecule has 4 rings (SSSR count). The van der Waals surface area contributed by atoms with Gasteiger partial charge in [0.2, 0.25) is 0 Å². The normalized spacial score (nSPS) is 11.8. The van der Waals surface area contributed by atoms with E-state index < -0.39 is 17.5 Å². The zero-order valence-electron chi connectivity index (χ0n) is 15.8. The van der Waals surface area contributed by atoms with Crippen LogP contribution in [0.1, 0.15) is 13.0 Å². The van der Waals surface area contributed by atoms with Gasteiger partial charge < -0.3 is 5.32 Å². The number of carbonyl (C=O) groups is 1. The molecule has 0 aliphatic heterocycles. The molecule has 4 aromatic rings. The largest absolute Gasteiger partial charge is 0.300 e. The van der Waals surface area contributed by atoms with Crippen molar-refractivity contribution in [3.05, 3.63) is 82.5 Å². The van der Waals surface area contributed by atoms with E-state index in [9.17, 15) is 14.0 Å². The van der Waals surface area contributed by atoms with Crippen LogP contribution in [0.2, 0.25) is 0 Å². The van der Waals surface area contributed by atoms with Gasteiger partial charge in [0.25, 0.3) is 11.5 Å². The van der Waals surface area contributed by atoms with Crippen molar-refractivity contribution in [2.24, 2.45) is 0 Å². The number of hydrogen-bond donors (Lipinski definition) is 1. The lowest BCUT2D eigenvalue weighted by Gasteiger charge is -2.14. The Bertz CT molecular complexity index is 1240. The van der Waals surface area contributed by atoms with Gasteiger partial charge in [0.1, 0.15) is 11.9 Å². The maximum absolute atomic E-state index is 13.2. The Labute approximate surface area is 174 Å². The number of thiazole rings is 1. The van der Waals surface area contributed by atoms with Crippen LogP contribution in [0.25, 0.3) is 22.5 Å². The number of nitrogens with zero attached hydrogens (tertiary/aromatic N) is 4.